The Morgan fingerprint density at radius 1 is 1.03 bits per heavy atom. The third-order valence-corrected chi connectivity index (χ3v) is 8.69. The summed E-state index contributed by atoms with van der Waals surface area (Å²) in [6, 6.07) is 21.8. The lowest BCUT2D eigenvalue weighted by Crippen LogP contribution is -2.43. The molecule has 3 atom stereocenters. The lowest BCUT2D eigenvalue weighted by atomic mass is 9.78. The molecular weight excluding hydrogens is 483 g/mol. The van der Waals surface area contributed by atoms with E-state index in [1.54, 1.807) is 23.1 Å². The van der Waals surface area contributed by atoms with Gasteiger partial charge in [-0.3, -0.25) is 9.59 Å². The van der Waals surface area contributed by atoms with Gasteiger partial charge in [-0.25, -0.2) is 4.39 Å². The number of carbonyl (C=O) groups is 2. The van der Waals surface area contributed by atoms with E-state index in [1.807, 2.05) is 54.6 Å². The van der Waals surface area contributed by atoms with Crippen LogP contribution in [0.15, 0.2) is 82.6 Å². The zero-order chi connectivity index (χ0) is 25.9. The van der Waals surface area contributed by atoms with E-state index in [0.29, 0.717) is 27.9 Å². The van der Waals surface area contributed by atoms with Crippen molar-refractivity contribution >= 4 is 35.3 Å². The molecular formula is C31H31FN2O2S. The molecule has 4 nitrogen and oxygen atoms in total. The highest BCUT2D eigenvalue weighted by Gasteiger charge is 2.30. The zero-order valence-electron chi connectivity index (χ0n) is 21.1. The minimum atomic E-state index is -0.331. The average molecular weight is 515 g/mol. The molecule has 0 radical (unpaired) electrons. The molecule has 0 bridgehead atoms. The van der Waals surface area contributed by atoms with Gasteiger partial charge in [0.05, 0.1) is 17.1 Å². The Morgan fingerprint density at radius 2 is 1.76 bits per heavy atom. The summed E-state index contributed by atoms with van der Waals surface area (Å²) in [5, 5.41) is 3.22. The molecule has 5 rings (SSSR count). The number of thioether (sulfide) groups is 1. The van der Waals surface area contributed by atoms with Gasteiger partial charge < -0.3 is 10.2 Å². The number of benzene rings is 3. The Bertz CT molecular complexity index is 1340. The van der Waals surface area contributed by atoms with Crippen LogP contribution in [0, 0.1) is 17.7 Å². The van der Waals surface area contributed by atoms with Crippen molar-refractivity contribution in [2.24, 2.45) is 11.8 Å². The fourth-order valence-corrected chi connectivity index (χ4v) is 6.19. The van der Waals surface area contributed by atoms with Crippen LogP contribution in [0.4, 0.5) is 10.1 Å². The van der Waals surface area contributed by atoms with Crippen molar-refractivity contribution in [2.75, 3.05) is 4.90 Å². The maximum atomic E-state index is 14.4. The molecule has 37 heavy (non-hydrogen) atoms. The molecule has 3 aromatic rings. The minimum Gasteiger partial charge on any atom is -0.349 e. The summed E-state index contributed by atoms with van der Waals surface area (Å²) in [6.45, 7) is 4.62. The van der Waals surface area contributed by atoms with Crippen molar-refractivity contribution in [3.8, 4) is 0 Å². The van der Waals surface area contributed by atoms with Crippen molar-refractivity contribution in [3.05, 3.63) is 100 Å². The second-order valence-corrected chi connectivity index (χ2v) is 11.1. The standard InChI is InChI=1S/C31H31FN2O2S/c1-20-8-7-11-26(21(20)2)33-30(35)23-16-14-22(15-17-23)18-29-31(36)34(19-24-9-3-4-10-25(24)32)27-12-5-6-13-28(27)37-29/h3-6,9-10,12-18,20-21,26H,7-8,11,19H2,1-2H3,(H,33,35)/b29-18-/t20-,21-,26+/m1/s1. The van der Waals surface area contributed by atoms with Gasteiger partial charge in [-0.1, -0.05) is 80.9 Å². The predicted molar refractivity (Wildman–Crippen MR) is 148 cm³/mol. The lowest BCUT2D eigenvalue weighted by Gasteiger charge is -2.34. The summed E-state index contributed by atoms with van der Waals surface area (Å²) in [7, 11) is 0. The fourth-order valence-electron chi connectivity index (χ4n) is 5.14. The summed E-state index contributed by atoms with van der Waals surface area (Å²) in [6.07, 6.45) is 5.22. The fraction of sp³-hybridized carbons (Fsp3) is 0.290. The zero-order valence-corrected chi connectivity index (χ0v) is 21.9. The molecule has 0 unspecified atom stereocenters. The first-order valence-electron chi connectivity index (χ1n) is 12.9. The van der Waals surface area contributed by atoms with Crippen LogP contribution in [0.5, 0.6) is 0 Å². The van der Waals surface area contributed by atoms with Gasteiger partial charge in [-0.2, -0.15) is 0 Å². The molecule has 2 aliphatic rings. The van der Waals surface area contributed by atoms with Crippen LogP contribution in [-0.2, 0) is 11.3 Å². The number of anilines is 1. The number of fused-ring (bicyclic) bond motifs is 1. The van der Waals surface area contributed by atoms with Crippen LogP contribution in [0.3, 0.4) is 0 Å². The number of amides is 2. The Morgan fingerprint density at radius 3 is 2.54 bits per heavy atom. The van der Waals surface area contributed by atoms with E-state index in [1.165, 1.54) is 24.2 Å². The number of rotatable bonds is 5. The van der Waals surface area contributed by atoms with Gasteiger partial charge in [-0.05, 0) is 60.2 Å². The van der Waals surface area contributed by atoms with Gasteiger partial charge in [0, 0.05) is 22.1 Å². The van der Waals surface area contributed by atoms with Crippen LogP contribution in [-0.4, -0.2) is 17.9 Å². The molecule has 1 aliphatic carbocycles. The van der Waals surface area contributed by atoms with Gasteiger partial charge in [0.15, 0.2) is 0 Å². The molecule has 6 heteroatoms. The van der Waals surface area contributed by atoms with Crippen molar-refractivity contribution in [1.29, 1.82) is 0 Å². The third-order valence-electron chi connectivity index (χ3n) is 7.61. The van der Waals surface area contributed by atoms with Crippen molar-refractivity contribution in [3.63, 3.8) is 0 Å². The van der Waals surface area contributed by atoms with E-state index in [4.69, 9.17) is 0 Å². The third kappa shape index (κ3) is 5.49. The first-order chi connectivity index (χ1) is 17.9. The molecule has 190 valence electrons. The highest BCUT2D eigenvalue weighted by atomic mass is 32.2. The van der Waals surface area contributed by atoms with Gasteiger partial charge >= 0.3 is 0 Å². The topological polar surface area (TPSA) is 49.4 Å². The quantitative estimate of drug-likeness (QED) is 0.371. The summed E-state index contributed by atoms with van der Waals surface area (Å²) < 4.78 is 14.4. The summed E-state index contributed by atoms with van der Waals surface area (Å²) >= 11 is 1.41. The summed E-state index contributed by atoms with van der Waals surface area (Å²) in [5.74, 6) is 0.516. The highest BCUT2D eigenvalue weighted by Crippen LogP contribution is 2.42. The van der Waals surface area contributed by atoms with Crippen LogP contribution in [0.25, 0.3) is 6.08 Å². The number of hydrogen-bond donors (Lipinski definition) is 1. The molecule has 1 fully saturated rings. The van der Waals surface area contributed by atoms with Gasteiger partial charge in [0.25, 0.3) is 11.8 Å². The maximum absolute atomic E-state index is 14.4. The number of carbonyl (C=O) groups excluding carboxylic acids is 2. The summed E-state index contributed by atoms with van der Waals surface area (Å²) in [4.78, 5) is 29.5. The molecule has 0 saturated heterocycles. The largest absolute Gasteiger partial charge is 0.349 e. The molecule has 1 N–H and O–H groups in total. The van der Waals surface area contributed by atoms with Crippen LogP contribution in [0.1, 0.15) is 54.6 Å². The van der Waals surface area contributed by atoms with E-state index in [9.17, 15) is 14.0 Å². The monoisotopic (exact) mass is 514 g/mol. The SMILES string of the molecule is C[C@@H]1[C@H](C)CCC[C@@H]1NC(=O)c1ccc(/C=C2\Sc3ccccc3N(Cc3ccccc3F)C2=O)cc1. The van der Waals surface area contributed by atoms with Crippen molar-refractivity contribution in [1.82, 2.24) is 5.32 Å². The van der Waals surface area contributed by atoms with E-state index < -0.39 is 0 Å². The molecule has 1 saturated carbocycles. The normalized spacial score (nSPS) is 22.6. The maximum Gasteiger partial charge on any atom is 0.265 e. The van der Waals surface area contributed by atoms with E-state index in [0.717, 1.165) is 29.0 Å². The van der Waals surface area contributed by atoms with Crippen LogP contribution < -0.4 is 10.2 Å². The van der Waals surface area contributed by atoms with Crippen LogP contribution >= 0.6 is 11.8 Å². The molecule has 0 spiro atoms. The molecule has 1 heterocycles. The molecule has 1 aliphatic heterocycles. The second-order valence-electron chi connectivity index (χ2n) is 10.0. The average Bonchev–Trinajstić information content (AvgIpc) is 2.90. The van der Waals surface area contributed by atoms with E-state index >= 15 is 0 Å². The number of nitrogens with one attached hydrogen (secondary N) is 1. The first-order valence-corrected chi connectivity index (χ1v) is 13.7. The van der Waals surface area contributed by atoms with E-state index in [-0.39, 0.29) is 30.2 Å². The molecule has 0 aromatic heterocycles. The summed E-state index contributed by atoms with van der Waals surface area (Å²) in [5.41, 5.74) is 2.68. The predicted octanol–water partition coefficient (Wildman–Crippen LogP) is 7.06. The van der Waals surface area contributed by atoms with Gasteiger partial charge in [0.2, 0.25) is 0 Å². The highest BCUT2D eigenvalue weighted by molar-refractivity contribution is 8.04. The number of nitrogens with zero attached hydrogens (tertiary/aromatic N) is 1. The Labute approximate surface area is 222 Å². The molecule has 3 aromatic carbocycles. The van der Waals surface area contributed by atoms with E-state index in [2.05, 4.69) is 19.2 Å². The number of halogens is 1. The van der Waals surface area contributed by atoms with Crippen molar-refractivity contribution in [2.45, 2.75) is 50.6 Å². The Hall–Kier alpha value is -3.38. The van der Waals surface area contributed by atoms with Gasteiger partial charge in [0.1, 0.15) is 5.82 Å². The first kappa shape index (κ1) is 25.3. The number of para-hydroxylation sites is 1. The number of hydrogen-bond acceptors (Lipinski definition) is 3. The Kier molecular flexibility index (Phi) is 7.47. The molecule has 2 amide bonds. The second kappa shape index (κ2) is 10.9. The smallest absolute Gasteiger partial charge is 0.265 e. The van der Waals surface area contributed by atoms with Crippen molar-refractivity contribution < 1.29 is 14.0 Å². The minimum absolute atomic E-state index is 0.0572. The van der Waals surface area contributed by atoms with Crippen LogP contribution in [0.2, 0.25) is 0 Å². The Balaban J connectivity index is 1.35. The van der Waals surface area contributed by atoms with Gasteiger partial charge in [-0.15, -0.1) is 0 Å². The lowest BCUT2D eigenvalue weighted by molar-refractivity contribution is -0.114.